The SMILES string of the molecule is NC(C[C@@H]1c2[nH]ncc2[C@H]2CN1C(=O)N2OCc1ccccc1)=NC(=O)O. The maximum atomic E-state index is 12.9. The first-order valence-corrected chi connectivity index (χ1v) is 8.40. The van der Waals surface area contributed by atoms with E-state index >= 15 is 0 Å². The quantitative estimate of drug-likeness (QED) is 0.542. The minimum absolute atomic E-state index is 0.0667. The number of aromatic amines is 1. The van der Waals surface area contributed by atoms with Crippen molar-refractivity contribution in [2.24, 2.45) is 10.7 Å². The van der Waals surface area contributed by atoms with Crippen LogP contribution in [0, 0.1) is 0 Å². The molecule has 0 spiro atoms. The van der Waals surface area contributed by atoms with Crippen molar-refractivity contribution in [1.29, 1.82) is 0 Å². The average Bonchev–Trinajstić information content (AvgIpc) is 3.22. The number of fused-ring (bicyclic) bond motifs is 4. The second kappa shape index (κ2) is 6.72. The number of aliphatic imine (C=N–C) groups is 1. The van der Waals surface area contributed by atoms with Crippen molar-refractivity contribution < 1.29 is 19.5 Å². The van der Waals surface area contributed by atoms with Gasteiger partial charge in [-0.1, -0.05) is 30.3 Å². The summed E-state index contributed by atoms with van der Waals surface area (Å²) in [4.78, 5) is 34.4. The number of urea groups is 1. The zero-order valence-corrected chi connectivity index (χ0v) is 14.3. The van der Waals surface area contributed by atoms with Crippen molar-refractivity contribution in [3.8, 4) is 0 Å². The standard InChI is InChI=1S/C17H18N6O4/c18-14(20-16(24)25)6-12-15-11(7-19-21-15)13-8-22(12)17(26)23(13)27-9-10-4-2-1-3-5-10/h1-5,7,12-13H,6,8-9H2,(H2,18,20)(H,19,21)(H,24,25)/t12-,13-/m1/s1. The first-order valence-electron chi connectivity index (χ1n) is 8.40. The lowest BCUT2D eigenvalue weighted by Gasteiger charge is -2.29. The van der Waals surface area contributed by atoms with Gasteiger partial charge in [0.25, 0.3) is 0 Å². The Kier molecular flexibility index (Phi) is 4.24. The minimum atomic E-state index is -1.37. The van der Waals surface area contributed by atoms with Gasteiger partial charge in [0.2, 0.25) is 0 Å². The van der Waals surface area contributed by atoms with Crippen LogP contribution in [0.25, 0.3) is 0 Å². The molecule has 0 saturated carbocycles. The van der Waals surface area contributed by atoms with Crippen molar-refractivity contribution >= 4 is 18.0 Å². The topological polar surface area (TPSA) is 137 Å². The van der Waals surface area contributed by atoms with Gasteiger partial charge >= 0.3 is 12.1 Å². The van der Waals surface area contributed by atoms with Crippen LogP contribution in [-0.2, 0) is 11.4 Å². The van der Waals surface area contributed by atoms with E-state index in [1.54, 1.807) is 11.1 Å². The predicted molar refractivity (Wildman–Crippen MR) is 93.5 cm³/mol. The number of H-pyrrole nitrogens is 1. The summed E-state index contributed by atoms with van der Waals surface area (Å²) in [6.07, 6.45) is 0.380. The molecular formula is C17H18N6O4. The number of carbonyl (C=O) groups is 2. The molecule has 140 valence electrons. The first kappa shape index (κ1) is 17.0. The zero-order valence-electron chi connectivity index (χ0n) is 14.3. The van der Waals surface area contributed by atoms with Crippen LogP contribution in [0.5, 0.6) is 0 Å². The summed E-state index contributed by atoms with van der Waals surface area (Å²) in [5, 5.41) is 17.1. The lowest BCUT2D eigenvalue weighted by molar-refractivity contribution is -0.141. The summed E-state index contributed by atoms with van der Waals surface area (Å²) in [7, 11) is 0. The number of nitrogens with one attached hydrogen (secondary N) is 1. The monoisotopic (exact) mass is 370 g/mol. The Labute approximate surface area is 154 Å². The number of nitrogens with two attached hydrogens (primary N) is 1. The van der Waals surface area contributed by atoms with Crippen LogP contribution in [-0.4, -0.2) is 49.8 Å². The second-order valence-corrected chi connectivity index (χ2v) is 6.38. The predicted octanol–water partition coefficient (Wildman–Crippen LogP) is 1.80. The van der Waals surface area contributed by atoms with Crippen LogP contribution in [0.4, 0.5) is 9.59 Å². The molecule has 3 heterocycles. The number of amides is 3. The molecule has 2 bridgehead atoms. The molecular weight excluding hydrogens is 352 g/mol. The normalized spacial score (nSPS) is 21.5. The molecule has 1 aromatic carbocycles. The smallest absolute Gasteiger partial charge is 0.432 e. The van der Waals surface area contributed by atoms with Gasteiger partial charge in [-0.2, -0.15) is 15.2 Å². The fourth-order valence-electron chi connectivity index (χ4n) is 3.52. The van der Waals surface area contributed by atoms with Crippen molar-refractivity contribution in [2.45, 2.75) is 25.1 Å². The van der Waals surface area contributed by atoms with Crippen LogP contribution in [0.2, 0.25) is 0 Å². The number of nitrogens with zero attached hydrogens (tertiary/aromatic N) is 4. The number of hydrogen-bond donors (Lipinski definition) is 3. The van der Waals surface area contributed by atoms with Gasteiger partial charge in [0.05, 0.1) is 24.5 Å². The highest BCUT2D eigenvalue weighted by molar-refractivity contribution is 5.91. The number of hydrogen-bond acceptors (Lipinski definition) is 4. The third kappa shape index (κ3) is 3.10. The molecule has 4 rings (SSSR count). The van der Waals surface area contributed by atoms with Crippen LogP contribution in [0.3, 0.4) is 0 Å². The van der Waals surface area contributed by atoms with Gasteiger partial charge in [-0.3, -0.25) is 9.94 Å². The number of amidine groups is 1. The summed E-state index contributed by atoms with van der Waals surface area (Å²) in [6, 6.07) is 8.50. The summed E-state index contributed by atoms with van der Waals surface area (Å²) in [5.74, 6) is -0.0667. The molecule has 10 heteroatoms. The second-order valence-electron chi connectivity index (χ2n) is 6.38. The van der Waals surface area contributed by atoms with Crippen LogP contribution >= 0.6 is 0 Å². The average molecular weight is 370 g/mol. The lowest BCUT2D eigenvalue weighted by Crippen LogP contribution is -2.36. The van der Waals surface area contributed by atoms with Crippen LogP contribution in [0.15, 0.2) is 41.5 Å². The molecule has 4 N–H and O–H groups in total. The molecule has 3 amide bonds. The summed E-state index contributed by atoms with van der Waals surface area (Å²) >= 11 is 0. The van der Waals surface area contributed by atoms with Gasteiger partial charge in [-0.25, -0.2) is 9.59 Å². The fraction of sp³-hybridized carbons (Fsp3) is 0.294. The highest BCUT2D eigenvalue weighted by atomic mass is 16.7. The number of carbonyl (C=O) groups excluding carboxylic acids is 1. The zero-order chi connectivity index (χ0) is 19.0. The van der Waals surface area contributed by atoms with Crippen molar-refractivity contribution in [1.82, 2.24) is 20.2 Å². The summed E-state index contributed by atoms with van der Waals surface area (Å²) in [5.41, 5.74) is 8.22. The van der Waals surface area contributed by atoms with Crippen molar-refractivity contribution in [3.63, 3.8) is 0 Å². The lowest BCUT2D eigenvalue weighted by atomic mass is 9.96. The fourth-order valence-corrected chi connectivity index (χ4v) is 3.52. The van der Waals surface area contributed by atoms with Crippen molar-refractivity contribution in [3.05, 3.63) is 53.3 Å². The van der Waals surface area contributed by atoms with E-state index in [1.807, 2.05) is 30.3 Å². The van der Waals surface area contributed by atoms with Gasteiger partial charge in [0.1, 0.15) is 18.5 Å². The van der Waals surface area contributed by atoms with E-state index in [-0.39, 0.29) is 30.9 Å². The van der Waals surface area contributed by atoms with Gasteiger partial charge in [0.15, 0.2) is 0 Å². The van der Waals surface area contributed by atoms with Gasteiger partial charge in [-0.15, -0.1) is 0 Å². The van der Waals surface area contributed by atoms with Gasteiger partial charge in [0, 0.05) is 12.0 Å². The van der Waals surface area contributed by atoms with E-state index in [2.05, 4.69) is 15.2 Å². The molecule has 0 radical (unpaired) electrons. The van der Waals surface area contributed by atoms with Gasteiger partial charge < -0.3 is 15.7 Å². The molecule has 10 nitrogen and oxygen atoms in total. The largest absolute Gasteiger partial charge is 0.463 e. The first-order chi connectivity index (χ1) is 13.0. The molecule has 2 aromatic rings. The van der Waals surface area contributed by atoms with E-state index < -0.39 is 12.1 Å². The summed E-state index contributed by atoms with van der Waals surface area (Å²) < 4.78 is 0. The molecule has 0 unspecified atom stereocenters. The third-order valence-corrected chi connectivity index (χ3v) is 4.71. The maximum absolute atomic E-state index is 12.9. The Hall–Kier alpha value is -3.40. The molecule has 2 atom stereocenters. The minimum Gasteiger partial charge on any atom is -0.463 e. The maximum Gasteiger partial charge on any atom is 0.432 e. The highest BCUT2D eigenvalue weighted by Gasteiger charge is 2.49. The molecule has 27 heavy (non-hydrogen) atoms. The number of rotatable bonds is 5. The Morgan fingerprint density at radius 2 is 2.19 bits per heavy atom. The molecule has 2 aliphatic heterocycles. The van der Waals surface area contributed by atoms with E-state index in [4.69, 9.17) is 15.7 Å². The Morgan fingerprint density at radius 3 is 2.93 bits per heavy atom. The van der Waals surface area contributed by atoms with E-state index in [9.17, 15) is 9.59 Å². The summed E-state index contributed by atoms with van der Waals surface area (Å²) in [6.45, 7) is 0.669. The molecule has 2 aliphatic rings. The molecule has 0 aliphatic carbocycles. The Morgan fingerprint density at radius 1 is 1.41 bits per heavy atom. The molecule has 1 saturated heterocycles. The molecule has 1 aromatic heterocycles. The van der Waals surface area contributed by atoms with Gasteiger partial charge in [-0.05, 0) is 5.56 Å². The van der Waals surface area contributed by atoms with Crippen molar-refractivity contribution in [2.75, 3.05) is 6.54 Å². The third-order valence-electron chi connectivity index (χ3n) is 4.71. The number of carboxylic acid groups (broad SMARTS) is 1. The number of aromatic nitrogens is 2. The van der Waals surface area contributed by atoms with Crippen LogP contribution in [0.1, 0.15) is 35.3 Å². The molecule has 1 fully saturated rings. The Balaban J connectivity index is 1.57. The Bertz CT molecular complexity index is 896. The van der Waals surface area contributed by atoms with E-state index in [1.165, 1.54) is 5.06 Å². The number of hydroxylamine groups is 2. The number of benzene rings is 1. The van der Waals surface area contributed by atoms with E-state index in [0.717, 1.165) is 11.1 Å². The van der Waals surface area contributed by atoms with Crippen LogP contribution < -0.4 is 5.73 Å². The highest BCUT2D eigenvalue weighted by Crippen LogP contribution is 2.44. The van der Waals surface area contributed by atoms with E-state index in [0.29, 0.717) is 12.2 Å².